The number of rotatable bonds is 4. The molecular weight excluding hydrogens is 398 g/mol. The maximum absolute atomic E-state index is 12.0. The number of carbonyl (C=O) groups excluding carboxylic acids is 1. The van der Waals surface area contributed by atoms with Crippen molar-refractivity contribution in [2.24, 2.45) is 0 Å². The highest BCUT2D eigenvalue weighted by molar-refractivity contribution is 14.1. The average molecular weight is 407 g/mol. The van der Waals surface area contributed by atoms with E-state index < -0.39 is 0 Å². The van der Waals surface area contributed by atoms with Gasteiger partial charge in [-0.25, -0.2) is 0 Å². The average Bonchev–Trinajstić information content (AvgIpc) is 2.39. The van der Waals surface area contributed by atoms with Crippen molar-refractivity contribution < 1.29 is 9.53 Å². The van der Waals surface area contributed by atoms with Gasteiger partial charge in [0.25, 0.3) is 0 Å². The van der Waals surface area contributed by atoms with Gasteiger partial charge in [-0.2, -0.15) is 0 Å². The fraction of sp³-hybridized carbons (Fsp3) is 0.0714. The largest absolute Gasteiger partial charge is 0.485 e. The Kier molecular flexibility index (Phi) is 5.07. The molecule has 2 aromatic rings. The van der Waals surface area contributed by atoms with Gasteiger partial charge in [-0.15, -0.1) is 0 Å². The molecule has 0 amide bonds. The molecule has 2 aromatic carbocycles. The molecule has 2 nitrogen and oxygen atoms in total. The van der Waals surface area contributed by atoms with Crippen LogP contribution >= 0.6 is 45.8 Å². The molecule has 2 rings (SSSR count). The zero-order valence-electron chi connectivity index (χ0n) is 9.70. The van der Waals surface area contributed by atoms with Crippen LogP contribution in [0.5, 0.6) is 5.75 Å². The van der Waals surface area contributed by atoms with Gasteiger partial charge in [0.15, 0.2) is 6.61 Å². The van der Waals surface area contributed by atoms with E-state index in [-0.39, 0.29) is 12.4 Å². The molecular formula is C14H9Cl2IO2. The minimum absolute atomic E-state index is 0.0693. The number of Topliss-reactive ketones (excluding diaryl/α,β-unsaturated/α-hetero) is 1. The first kappa shape index (κ1) is 14.6. The zero-order chi connectivity index (χ0) is 13.8. The van der Waals surface area contributed by atoms with Crippen LogP contribution in [-0.2, 0) is 0 Å². The van der Waals surface area contributed by atoms with Crippen molar-refractivity contribution in [3.05, 3.63) is 61.6 Å². The predicted octanol–water partition coefficient (Wildman–Crippen LogP) is 4.86. The molecule has 0 aliphatic rings. The Balaban J connectivity index is 2.07. The van der Waals surface area contributed by atoms with E-state index in [9.17, 15) is 4.79 Å². The summed E-state index contributed by atoms with van der Waals surface area (Å²) in [6.07, 6.45) is 0. The van der Waals surface area contributed by atoms with Crippen LogP contribution in [0.15, 0.2) is 42.5 Å². The van der Waals surface area contributed by atoms with Crippen LogP contribution in [0, 0.1) is 3.57 Å². The van der Waals surface area contributed by atoms with Gasteiger partial charge in [0.05, 0.1) is 5.02 Å². The number of ketones is 1. The maximum Gasteiger partial charge on any atom is 0.201 e. The molecule has 0 N–H and O–H groups in total. The summed E-state index contributed by atoms with van der Waals surface area (Å²) < 4.78 is 6.49. The van der Waals surface area contributed by atoms with E-state index in [2.05, 4.69) is 22.6 Å². The van der Waals surface area contributed by atoms with E-state index in [1.165, 1.54) is 0 Å². The first-order valence-corrected chi connectivity index (χ1v) is 7.26. The van der Waals surface area contributed by atoms with Crippen molar-refractivity contribution in [2.75, 3.05) is 6.61 Å². The van der Waals surface area contributed by atoms with Crippen molar-refractivity contribution in [2.45, 2.75) is 0 Å². The second-order valence-electron chi connectivity index (χ2n) is 3.79. The monoisotopic (exact) mass is 406 g/mol. The Morgan fingerprint density at radius 3 is 2.68 bits per heavy atom. The third kappa shape index (κ3) is 4.09. The minimum atomic E-state index is -0.202. The summed E-state index contributed by atoms with van der Waals surface area (Å²) in [6, 6.07) is 12.3. The molecule has 0 aliphatic carbocycles. The van der Waals surface area contributed by atoms with E-state index in [0.717, 1.165) is 3.57 Å². The minimum Gasteiger partial charge on any atom is -0.485 e. The van der Waals surface area contributed by atoms with Gasteiger partial charge < -0.3 is 4.74 Å². The fourth-order valence-corrected chi connectivity index (χ4v) is 2.40. The van der Waals surface area contributed by atoms with Gasteiger partial charge in [-0.05, 0) is 59.0 Å². The summed E-state index contributed by atoms with van der Waals surface area (Å²) in [5, 5.41) is 0.850. The molecule has 0 aromatic heterocycles. The van der Waals surface area contributed by atoms with Crippen LogP contribution in [0.1, 0.15) is 10.4 Å². The molecule has 0 heterocycles. The van der Waals surface area contributed by atoms with Crippen LogP contribution in [-0.4, -0.2) is 12.4 Å². The lowest BCUT2D eigenvalue weighted by molar-refractivity contribution is 0.0921. The molecule has 0 aliphatic heterocycles. The summed E-state index contributed by atoms with van der Waals surface area (Å²) >= 11 is 14.0. The number of benzene rings is 2. The lowest BCUT2D eigenvalue weighted by Gasteiger charge is -2.07. The highest BCUT2D eigenvalue weighted by Crippen LogP contribution is 2.22. The Labute approximate surface area is 134 Å². The third-order valence-electron chi connectivity index (χ3n) is 2.39. The normalized spacial score (nSPS) is 10.3. The number of hydrogen-bond donors (Lipinski definition) is 0. The Hall–Kier alpha value is -0.780. The van der Waals surface area contributed by atoms with E-state index in [1.807, 2.05) is 18.2 Å². The summed E-state index contributed by atoms with van der Waals surface area (Å²) in [6.45, 7) is -0.0693. The van der Waals surface area contributed by atoms with Crippen LogP contribution in [0.25, 0.3) is 0 Å². The lowest BCUT2D eigenvalue weighted by atomic mass is 10.1. The number of ether oxygens (including phenoxy) is 1. The van der Waals surface area contributed by atoms with Gasteiger partial charge in [-0.1, -0.05) is 29.3 Å². The van der Waals surface area contributed by atoms with Gasteiger partial charge in [0.1, 0.15) is 5.75 Å². The molecule has 0 radical (unpaired) electrons. The summed E-state index contributed by atoms with van der Waals surface area (Å²) in [5.41, 5.74) is 0.375. The van der Waals surface area contributed by atoms with Crippen molar-refractivity contribution in [1.82, 2.24) is 0 Å². The highest BCUT2D eigenvalue weighted by Gasteiger charge is 2.12. The van der Waals surface area contributed by atoms with Gasteiger partial charge in [0, 0.05) is 14.2 Å². The van der Waals surface area contributed by atoms with Crippen LogP contribution in [0.2, 0.25) is 10.0 Å². The van der Waals surface area contributed by atoms with Crippen molar-refractivity contribution in [3.63, 3.8) is 0 Å². The second kappa shape index (κ2) is 6.59. The predicted molar refractivity (Wildman–Crippen MR) is 85.4 cm³/mol. The van der Waals surface area contributed by atoms with E-state index >= 15 is 0 Å². The molecule has 0 spiro atoms. The second-order valence-corrected chi connectivity index (χ2v) is 5.88. The van der Waals surface area contributed by atoms with Crippen LogP contribution < -0.4 is 4.74 Å². The van der Waals surface area contributed by atoms with Gasteiger partial charge in [0.2, 0.25) is 5.78 Å². The molecule has 5 heteroatoms. The topological polar surface area (TPSA) is 26.3 Å². The SMILES string of the molecule is O=C(COc1cccc(I)c1)c1cc(Cl)ccc1Cl. The Bertz CT molecular complexity index is 614. The fourth-order valence-electron chi connectivity index (χ4n) is 1.49. The molecule has 0 fully saturated rings. The third-order valence-corrected chi connectivity index (χ3v) is 3.63. The molecule has 98 valence electrons. The van der Waals surface area contributed by atoms with E-state index in [4.69, 9.17) is 27.9 Å². The molecule has 0 saturated carbocycles. The Morgan fingerprint density at radius 1 is 1.16 bits per heavy atom. The summed E-state index contributed by atoms with van der Waals surface area (Å²) in [5.74, 6) is 0.449. The zero-order valence-corrected chi connectivity index (χ0v) is 13.4. The lowest BCUT2D eigenvalue weighted by Crippen LogP contribution is -2.12. The van der Waals surface area contributed by atoms with E-state index in [1.54, 1.807) is 24.3 Å². The first-order chi connectivity index (χ1) is 9.06. The van der Waals surface area contributed by atoms with Gasteiger partial charge >= 0.3 is 0 Å². The molecule has 0 bridgehead atoms. The Morgan fingerprint density at radius 2 is 1.95 bits per heavy atom. The van der Waals surface area contributed by atoms with Gasteiger partial charge in [-0.3, -0.25) is 4.79 Å². The molecule has 0 atom stereocenters. The molecule has 0 unspecified atom stereocenters. The van der Waals surface area contributed by atoms with Crippen molar-refractivity contribution >= 4 is 51.6 Å². The quantitative estimate of drug-likeness (QED) is 0.535. The summed E-state index contributed by atoms with van der Waals surface area (Å²) in [4.78, 5) is 12.0. The molecule has 19 heavy (non-hydrogen) atoms. The number of carbonyl (C=O) groups is 1. The van der Waals surface area contributed by atoms with E-state index in [0.29, 0.717) is 21.4 Å². The van der Waals surface area contributed by atoms with Crippen LogP contribution in [0.4, 0.5) is 0 Å². The number of halogens is 3. The van der Waals surface area contributed by atoms with Crippen LogP contribution in [0.3, 0.4) is 0 Å². The standard InChI is InChI=1S/C14H9Cl2IO2/c15-9-4-5-13(16)12(6-9)14(18)8-19-11-3-1-2-10(17)7-11/h1-7H,8H2. The highest BCUT2D eigenvalue weighted by atomic mass is 127. The van der Waals surface area contributed by atoms with Crippen molar-refractivity contribution in [3.8, 4) is 5.75 Å². The van der Waals surface area contributed by atoms with Crippen molar-refractivity contribution in [1.29, 1.82) is 0 Å². The smallest absolute Gasteiger partial charge is 0.201 e. The summed E-state index contributed by atoms with van der Waals surface area (Å²) in [7, 11) is 0. The molecule has 0 saturated heterocycles. The first-order valence-electron chi connectivity index (χ1n) is 5.43. The maximum atomic E-state index is 12.0. The number of hydrogen-bond acceptors (Lipinski definition) is 2.